The lowest BCUT2D eigenvalue weighted by atomic mass is 9.83. The van der Waals surface area contributed by atoms with Crippen LogP contribution in [0.3, 0.4) is 0 Å². The van der Waals surface area contributed by atoms with Gasteiger partial charge in [-0.15, -0.1) is 0 Å². The maximum atomic E-state index is 11.7. The number of hydrogen-bond acceptors (Lipinski definition) is 3. The van der Waals surface area contributed by atoms with Crippen molar-refractivity contribution in [3.63, 3.8) is 0 Å². The Morgan fingerprint density at radius 1 is 0.672 bits per heavy atom. The van der Waals surface area contributed by atoms with E-state index in [0.29, 0.717) is 28.2 Å². The lowest BCUT2D eigenvalue weighted by Crippen LogP contribution is -2.11. The van der Waals surface area contributed by atoms with Crippen molar-refractivity contribution < 1.29 is 14.7 Å². The molecule has 4 nitrogen and oxygen atoms in total. The maximum Gasteiger partial charge on any atom is 0.149 e. The maximum absolute atomic E-state index is 11.7. The number of pyridine rings is 1. The Balaban J connectivity index is 1.35. The Labute approximate surface area is 353 Å². The van der Waals surface area contributed by atoms with E-state index in [1.54, 1.807) is 18.3 Å². The van der Waals surface area contributed by atoms with Gasteiger partial charge in [0.1, 0.15) is 11.6 Å². The predicted octanol–water partition coefficient (Wildman–Crippen LogP) is 14.6. The van der Waals surface area contributed by atoms with Crippen molar-refractivity contribution in [2.24, 2.45) is 0 Å². The fourth-order valence-corrected chi connectivity index (χ4v) is 7.88. The van der Waals surface area contributed by atoms with Gasteiger partial charge in [0.15, 0.2) is 0 Å². The molecule has 290 valence electrons. The van der Waals surface area contributed by atoms with E-state index in [2.05, 4.69) is 43.5 Å². The Hall–Kier alpha value is -6.26. The van der Waals surface area contributed by atoms with Gasteiger partial charge in [-0.1, -0.05) is 133 Å². The van der Waals surface area contributed by atoms with E-state index in [4.69, 9.17) is 19.6 Å². The minimum atomic E-state index is -0.909. The quantitative estimate of drug-likeness (QED) is 0.168. The van der Waals surface area contributed by atoms with Gasteiger partial charge in [0.05, 0.1) is 29.1 Å². The van der Waals surface area contributed by atoms with Crippen molar-refractivity contribution >= 4 is 11.0 Å². The summed E-state index contributed by atoms with van der Waals surface area (Å²) in [6.45, 7) is 17.8. The van der Waals surface area contributed by atoms with Gasteiger partial charge >= 0.3 is 0 Å². The zero-order chi connectivity index (χ0) is 47.1. The summed E-state index contributed by atoms with van der Waals surface area (Å²) < 4.78 is 62.1. The van der Waals surface area contributed by atoms with Gasteiger partial charge in [0, 0.05) is 25.8 Å². The fraction of sp³-hybridized carbons (Fsp3) is 0.222. The number of para-hydroxylation sites is 1. The average Bonchev–Trinajstić information content (AvgIpc) is 3.65. The number of aryl methyl sites for hydroxylation is 2. The first-order valence-corrected chi connectivity index (χ1v) is 19.7. The third-order valence-electron chi connectivity index (χ3n) is 10.9. The zero-order valence-electron chi connectivity index (χ0n) is 41.7. The van der Waals surface area contributed by atoms with Crippen LogP contribution in [0.5, 0.6) is 5.75 Å². The van der Waals surface area contributed by atoms with Crippen LogP contribution in [0.15, 0.2) is 140 Å². The van der Waals surface area contributed by atoms with Gasteiger partial charge in [-0.3, -0.25) is 9.55 Å². The zero-order valence-corrected chi connectivity index (χ0v) is 34.7. The number of benzene rings is 6. The second-order valence-corrected chi connectivity index (χ2v) is 16.7. The Morgan fingerprint density at radius 2 is 1.34 bits per heavy atom. The molecular formula is C54H53N3O. The fourth-order valence-electron chi connectivity index (χ4n) is 7.88. The Bertz CT molecular complexity index is 3130. The van der Waals surface area contributed by atoms with Gasteiger partial charge < -0.3 is 5.11 Å². The number of hydrogen-bond donors (Lipinski definition) is 1. The first-order chi connectivity index (χ1) is 30.4. The molecule has 0 aliphatic carbocycles. The topological polar surface area (TPSA) is 50.9 Å². The largest absolute Gasteiger partial charge is 0.507 e. The summed E-state index contributed by atoms with van der Waals surface area (Å²) in [5.41, 5.74) is 12.5. The standard InChI is InChI=1S/C54H53N3O/c1-33(2)44-17-13-18-45(34(3)4)50(44)38-21-23-43(24-22-38)57-49-20-14-19-46(51(49)56-53(57)47-28-35(5)27-36(6)52(47)58)40-29-41(31-42(30-40)54(7,8)9)48-32-39(25-26-55-48)37-15-11-10-12-16-37/h10-34,58H,1-9H3/i10D,11D,12D,15D,16D,33D,34D. The van der Waals surface area contributed by atoms with Crippen molar-refractivity contribution in [3.8, 4) is 67.5 Å². The molecular weight excluding hydrogens is 707 g/mol. The molecule has 0 unspecified atom stereocenters. The highest BCUT2D eigenvalue weighted by atomic mass is 16.3. The minimum absolute atomic E-state index is 0.113. The summed E-state index contributed by atoms with van der Waals surface area (Å²) in [6, 6.07) is 32.0. The number of imidazole rings is 1. The van der Waals surface area contributed by atoms with Crippen LogP contribution in [0.1, 0.15) is 97.7 Å². The van der Waals surface area contributed by atoms with Crippen molar-refractivity contribution in [2.45, 2.75) is 79.5 Å². The van der Waals surface area contributed by atoms with Crippen LogP contribution in [0.4, 0.5) is 0 Å². The molecule has 0 aliphatic rings. The Kier molecular flexibility index (Phi) is 8.10. The van der Waals surface area contributed by atoms with Crippen LogP contribution in [-0.2, 0) is 5.41 Å². The van der Waals surface area contributed by atoms with Crippen molar-refractivity contribution in [1.82, 2.24) is 14.5 Å². The molecule has 8 rings (SSSR count). The monoisotopic (exact) mass is 766 g/mol. The highest BCUT2D eigenvalue weighted by Crippen LogP contribution is 2.42. The van der Waals surface area contributed by atoms with E-state index < -0.39 is 29.9 Å². The molecule has 0 saturated heterocycles. The van der Waals surface area contributed by atoms with Crippen LogP contribution >= 0.6 is 0 Å². The van der Waals surface area contributed by atoms with Gasteiger partial charge in [-0.25, -0.2) is 4.98 Å². The van der Waals surface area contributed by atoms with E-state index in [0.717, 1.165) is 66.8 Å². The molecule has 0 atom stereocenters. The van der Waals surface area contributed by atoms with Gasteiger partial charge in [0.25, 0.3) is 0 Å². The molecule has 1 N–H and O–H groups in total. The van der Waals surface area contributed by atoms with Crippen LogP contribution in [0.25, 0.3) is 72.7 Å². The average molecular weight is 767 g/mol. The van der Waals surface area contributed by atoms with Crippen molar-refractivity contribution in [1.29, 1.82) is 0 Å². The lowest BCUT2D eigenvalue weighted by molar-refractivity contribution is 0.472. The van der Waals surface area contributed by atoms with Gasteiger partial charge in [0.2, 0.25) is 0 Å². The molecule has 0 bridgehead atoms. The highest BCUT2D eigenvalue weighted by Gasteiger charge is 2.24. The number of fused-ring (bicyclic) bond motifs is 1. The lowest BCUT2D eigenvalue weighted by Gasteiger charge is -2.22. The molecule has 0 spiro atoms. The van der Waals surface area contributed by atoms with E-state index in [1.165, 1.54) is 0 Å². The number of nitrogens with zero attached hydrogens (tertiary/aromatic N) is 3. The summed E-state index contributed by atoms with van der Waals surface area (Å²) >= 11 is 0. The summed E-state index contributed by atoms with van der Waals surface area (Å²) in [5.74, 6) is -1.12. The number of aromatic hydroxyl groups is 1. The predicted molar refractivity (Wildman–Crippen MR) is 244 cm³/mol. The second kappa shape index (κ2) is 15.2. The summed E-state index contributed by atoms with van der Waals surface area (Å²) in [6.07, 6.45) is 1.60. The first-order valence-electron chi connectivity index (χ1n) is 23.2. The van der Waals surface area contributed by atoms with Crippen LogP contribution in [-0.4, -0.2) is 19.6 Å². The third-order valence-corrected chi connectivity index (χ3v) is 10.9. The molecule has 2 aromatic heterocycles. The molecule has 0 fully saturated rings. The molecule has 0 amide bonds. The smallest absolute Gasteiger partial charge is 0.149 e. The van der Waals surface area contributed by atoms with Crippen LogP contribution in [0, 0.1) is 13.8 Å². The van der Waals surface area contributed by atoms with E-state index in [-0.39, 0.29) is 28.8 Å². The molecule has 0 aliphatic heterocycles. The molecule has 0 saturated carbocycles. The van der Waals surface area contributed by atoms with Crippen molar-refractivity contribution in [2.75, 3.05) is 0 Å². The molecule has 58 heavy (non-hydrogen) atoms. The highest BCUT2D eigenvalue weighted by molar-refractivity contribution is 5.97. The number of rotatable bonds is 8. The van der Waals surface area contributed by atoms with Crippen LogP contribution < -0.4 is 0 Å². The summed E-state index contributed by atoms with van der Waals surface area (Å²) in [7, 11) is 0. The molecule has 4 heteroatoms. The number of phenolic OH excluding ortho intramolecular Hbond substituents is 1. The molecule has 0 radical (unpaired) electrons. The SMILES string of the molecule is [2H]c1c([2H])c([2H])c(-c2ccnc(-c3cc(-c4cccc5c4nc(-c4cc(C)cc(C)c4O)n5-c4ccc(-c5c(C([2H])(C)C)cccc5C([2H])(C)C)cc4)cc(C(C)(C)C)c3)c2)c([2H])c1[2H]. The molecule has 2 heterocycles. The van der Waals surface area contributed by atoms with Crippen molar-refractivity contribution in [3.05, 3.63) is 167 Å². The summed E-state index contributed by atoms with van der Waals surface area (Å²) in [4.78, 5) is 10.1. The number of phenols is 1. The third kappa shape index (κ3) is 7.24. The number of aromatic nitrogens is 3. The van der Waals surface area contributed by atoms with E-state index in [1.807, 2.05) is 114 Å². The van der Waals surface area contributed by atoms with E-state index >= 15 is 0 Å². The Morgan fingerprint density at radius 3 is 2.02 bits per heavy atom. The first kappa shape index (κ1) is 30.8. The summed E-state index contributed by atoms with van der Waals surface area (Å²) in [5, 5.41) is 11.7. The van der Waals surface area contributed by atoms with Gasteiger partial charge in [-0.05, 0) is 135 Å². The molecule has 8 aromatic rings. The van der Waals surface area contributed by atoms with Crippen LogP contribution in [0.2, 0.25) is 0 Å². The normalized spacial score (nSPS) is 14.0. The second-order valence-electron chi connectivity index (χ2n) is 16.7. The van der Waals surface area contributed by atoms with Gasteiger partial charge in [-0.2, -0.15) is 0 Å². The minimum Gasteiger partial charge on any atom is -0.507 e. The van der Waals surface area contributed by atoms with E-state index in [9.17, 15) is 5.11 Å². The molecule has 6 aromatic carbocycles.